The zero-order chi connectivity index (χ0) is 35.7. The minimum atomic E-state index is -0.775. The van der Waals surface area contributed by atoms with Crippen LogP contribution in [0.5, 0.6) is 0 Å². The number of hydrogen-bond donors (Lipinski definition) is 1. The Bertz CT molecular complexity index is 786. The van der Waals surface area contributed by atoms with Crippen molar-refractivity contribution in [1.29, 1.82) is 0 Å². The average Bonchev–Trinajstić information content (AvgIpc) is 3.10. The Labute approximate surface area is 304 Å². The van der Waals surface area contributed by atoms with Crippen molar-refractivity contribution in [2.75, 3.05) is 13.2 Å². The Balaban J connectivity index is 3.55. The Morgan fingerprint density at radius 2 is 0.816 bits per heavy atom. The molecule has 0 radical (unpaired) electrons. The third-order valence-corrected chi connectivity index (χ3v) is 9.16. The number of carbonyl (C=O) groups excluding carboxylic acids is 2. The van der Waals surface area contributed by atoms with Crippen LogP contribution in [0.15, 0.2) is 36.5 Å². The maximum atomic E-state index is 12.2. The van der Waals surface area contributed by atoms with Crippen LogP contribution in [0.25, 0.3) is 0 Å². The maximum absolute atomic E-state index is 12.2. The largest absolute Gasteiger partial charge is 0.462 e. The first-order valence-corrected chi connectivity index (χ1v) is 21.0. The fourth-order valence-electron chi connectivity index (χ4n) is 5.93. The van der Waals surface area contributed by atoms with E-state index in [1.165, 1.54) is 135 Å². The van der Waals surface area contributed by atoms with Gasteiger partial charge in [0.15, 0.2) is 6.10 Å². The molecule has 5 heteroatoms. The molecule has 0 spiro atoms. The highest BCUT2D eigenvalue weighted by Crippen LogP contribution is 2.14. The molecule has 0 saturated carbocycles. The molecule has 49 heavy (non-hydrogen) atoms. The Hall–Kier alpha value is -1.88. The van der Waals surface area contributed by atoms with Crippen molar-refractivity contribution >= 4 is 11.9 Å². The number of esters is 2. The van der Waals surface area contributed by atoms with E-state index in [9.17, 15) is 14.7 Å². The molecule has 0 unspecified atom stereocenters. The van der Waals surface area contributed by atoms with Crippen molar-refractivity contribution in [3.63, 3.8) is 0 Å². The van der Waals surface area contributed by atoms with Crippen LogP contribution < -0.4 is 0 Å². The number of aliphatic hydroxyl groups is 1. The summed E-state index contributed by atoms with van der Waals surface area (Å²) >= 11 is 0. The van der Waals surface area contributed by atoms with Gasteiger partial charge < -0.3 is 14.6 Å². The number of carbonyl (C=O) groups is 2. The summed E-state index contributed by atoms with van der Waals surface area (Å²) in [5, 5.41) is 9.57. The smallest absolute Gasteiger partial charge is 0.306 e. The first-order valence-electron chi connectivity index (χ1n) is 21.0. The van der Waals surface area contributed by atoms with E-state index in [0.29, 0.717) is 12.8 Å². The predicted octanol–water partition coefficient (Wildman–Crippen LogP) is 13.2. The van der Waals surface area contributed by atoms with E-state index in [4.69, 9.17) is 9.47 Å². The third-order valence-electron chi connectivity index (χ3n) is 9.16. The van der Waals surface area contributed by atoms with Crippen molar-refractivity contribution in [2.45, 2.75) is 219 Å². The summed E-state index contributed by atoms with van der Waals surface area (Å²) in [5.41, 5.74) is 0. The van der Waals surface area contributed by atoms with Crippen LogP contribution in [0, 0.1) is 0 Å². The van der Waals surface area contributed by atoms with E-state index in [0.717, 1.165) is 51.4 Å². The van der Waals surface area contributed by atoms with Crippen LogP contribution in [0.4, 0.5) is 0 Å². The summed E-state index contributed by atoms with van der Waals surface area (Å²) in [7, 11) is 0. The number of allylic oxidation sites excluding steroid dienone is 6. The Morgan fingerprint density at radius 3 is 1.27 bits per heavy atom. The minimum absolute atomic E-state index is 0.0703. The van der Waals surface area contributed by atoms with Gasteiger partial charge in [-0.25, -0.2) is 0 Å². The molecule has 1 N–H and O–H groups in total. The van der Waals surface area contributed by atoms with Gasteiger partial charge in [0.25, 0.3) is 0 Å². The van der Waals surface area contributed by atoms with E-state index < -0.39 is 6.10 Å². The summed E-state index contributed by atoms with van der Waals surface area (Å²) in [6.07, 6.45) is 49.2. The van der Waals surface area contributed by atoms with Gasteiger partial charge in [-0.15, -0.1) is 0 Å². The summed E-state index contributed by atoms with van der Waals surface area (Å²) < 4.78 is 10.6. The molecule has 0 saturated heterocycles. The average molecular weight is 689 g/mol. The standard InChI is InChI=1S/C44H80O5/c1-3-5-7-9-11-13-15-17-19-21-22-23-25-27-29-31-33-35-37-39-44(47)49-42(40-45)41-48-43(46)38-36-34-32-30-28-26-24-20-18-16-14-12-10-8-6-4-2/h11,13,17,19-20,24,42,45H,3-10,12,14-16,18,21-23,25-41H2,1-2H3/b13-11-,19-17-,24-20-/t42-/m0/s1. The zero-order valence-electron chi connectivity index (χ0n) is 32.5. The molecule has 0 aromatic heterocycles. The van der Waals surface area contributed by atoms with E-state index in [1.807, 2.05) is 0 Å². The van der Waals surface area contributed by atoms with Gasteiger partial charge in [-0.3, -0.25) is 9.59 Å². The number of aliphatic hydroxyl groups excluding tert-OH is 1. The van der Waals surface area contributed by atoms with Crippen molar-refractivity contribution in [1.82, 2.24) is 0 Å². The molecule has 5 nitrogen and oxygen atoms in total. The highest BCUT2D eigenvalue weighted by molar-refractivity contribution is 5.70. The molecule has 0 aromatic rings. The van der Waals surface area contributed by atoms with Crippen LogP contribution >= 0.6 is 0 Å². The van der Waals surface area contributed by atoms with Crippen LogP contribution in [-0.2, 0) is 19.1 Å². The normalized spacial score (nSPS) is 12.5. The maximum Gasteiger partial charge on any atom is 0.306 e. The molecular weight excluding hydrogens is 608 g/mol. The van der Waals surface area contributed by atoms with Gasteiger partial charge in [0, 0.05) is 12.8 Å². The SMILES string of the molecule is CCCCC/C=C\C/C=C\CCCCCCCCCCCC(=O)O[C@@H](CO)COC(=O)CCCCCCC/C=C\CCCCCCCCC. The Morgan fingerprint density at radius 1 is 0.469 bits per heavy atom. The molecule has 0 aliphatic carbocycles. The van der Waals surface area contributed by atoms with Crippen LogP contribution in [0.2, 0.25) is 0 Å². The number of ether oxygens (including phenoxy) is 2. The van der Waals surface area contributed by atoms with Crippen LogP contribution in [-0.4, -0.2) is 36.4 Å². The van der Waals surface area contributed by atoms with Gasteiger partial charge in [-0.2, -0.15) is 0 Å². The summed E-state index contributed by atoms with van der Waals surface area (Å²) in [6.45, 7) is 4.11. The van der Waals surface area contributed by atoms with Crippen molar-refractivity contribution in [3.8, 4) is 0 Å². The monoisotopic (exact) mass is 689 g/mol. The van der Waals surface area contributed by atoms with Crippen molar-refractivity contribution in [3.05, 3.63) is 36.5 Å². The zero-order valence-corrected chi connectivity index (χ0v) is 32.5. The molecule has 0 amide bonds. The van der Waals surface area contributed by atoms with Gasteiger partial charge in [-0.1, -0.05) is 166 Å². The fraction of sp³-hybridized carbons (Fsp3) is 0.818. The molecule has 0 bridgehead atoms. The van der Waals surface area contributed by atoms with Gasteiger partial charge in [0.05, 0.1) is 6.61 Å². The number of rotatable bonds is 38. The molecular formula is C44H80O5. The molecule has 0 heterocycles. The first-order chi connectivity index (χ1) is 24.1. The summed E-state index contributed by atoms with van der Waals surface area (Å²) in [4.78, 5) is 24.3. The molecule has 286 valence electrons. The van der Waals surface area contributed by atoms with E-state index in [-0.39, 0.29) is 25.2 Å². The highest BCUT2D eigenvalue weighted by Gasteiger charge is 2.16. The van der Waals surface area contributed by atoms with E-state index >= 15 is 0 Å². The minimum Gasteiger partial charge on any atom is -0.462 e. The Kier molecular flexibility index (Phi) is 39.0. The lowest BCUT2D eigenvalue weighted by molar-refractivity contribution is -0.161. The second-order valence-electron chi connectivity index (χ2n) is 14.1. The van der Waals surface area contributed by atoms with Crippen molar-refractivity contribution < 1.29 is 24.2 Å². The fourth-order valence-corrected chi connectivity index (χ4v) is 5.93. The van der Waals surface area contributed by atoms with E-state index in [2.05, 4.69) is 50.3 Å². The van der Waals surface area contributed by atoms with Gasteiger partial charge in [0.1, 0.15) is 6.61 Å². The quantitative estimate of drug-likeness (QED) is 0.0397. The van der Waals surface area contributed by atoms with Crippen LogP contribution in [0.1, 0.15) is 213 Å². The van der Waals surface area contributed by atoms with E-state index in [1.54, 1.807) is 0 Å². The molecule has 0 aliphatic heterocycles. The topological polar surface area (TPSA) is 72.8 Å². The molecule has 0 rings (SSSR count). The summed E-state index contributed by atoms with van der Waals surface area (Å²) in [5.74, 6) is -0.601. The first kappa shape index (κ1) is 47.1. The molecule has 0 aromatic carbocycles. The third kappa shape index (κ3) is 38.8. The molecule has 0 aliphatic rings. The van der Waals surface area contributed by atoms with Crippen LogP contribution in [0.3, 0.4) is 0 Å². The lowest BCUT2D eigenvalue weighted by Gasteiger charge is -2.15. The molecule has 0 fully saturated rings. The lowest BCUT2D eigenvalue weighted by atomic mass is 10.1. The van der Waals surface area contributed by atoms with Gasteiger partial charge in [0.2, 0.25) is 0 Å². The lowest BCUT2D eigenvalue weighted by Crippen LogP contribution is -2.28. The second kappa shape index (κ2) is 40.5. The predicted molar refractivity (Wildman–Crippen MR) is 210 cm³/mol. The van der Waals surface area contributed by atoms with Gasteiger partial charge in [-0.05, 0) is 70.6 Å². The number of hydrogen-bond acceptors (Lipinski definition) is 5. The molecule has 1 atom stereocenters. The summed E-state index contributed by atoms with van der Waals surface area (Å²) in [6, 6.07) is 0. The van der Waals surface area contributed by atoms with Gasteiger partial charge >= 0.3 is 11.9 Å². The second-order valence-corrected chi connectivity index (χ2v) is 14.1. The number of unbranched alkanes of at least 4 members (excludes halogenated alkanes) is 24. The highest BCUT2D eigenvalue weighted by atomic mass is 16.6. The van der Waals surface area contributed by atoms with Crippen molar-refractivity contribution in [2.24, 2.45) is 0 Å².